The van der Waals surface area contributed by atoms with Gasteiger partial charge in [0.05, 0.1) is 13.2 Å². The van der Waals surface area contributed by atoms with E-state index in [1.165, 1.54) is 0 Å². The molecule has 3 atom stereocenters. The van der Waals surface area contributed by atoms with Gasteiger partial charge in [0, 0.05) is 44.9 Å². The number of benzene rings is 2. The highest BCUT2D eigenvalue weighted by atomic mass is 35.5. The molecule has 0 N–H and O–H groups in total. The van der Waals surface area contributed by atoms with Gasteiger partial charge in [0.2, 0.25) is 0 Å². The van der Waals surface area contributed by atoms with Crippen molar-refractivity contribution in [1.82, 2.24) is 9.80 Å². The van der Waals surface area contributed by atoms with E-state index < -0.39 is 11.6 Å². The first-order chi connectivity index (χ1) is 15.5. The summed E-state index contributed by atoms with van der Waals surface area (Å²) in [4.78, 5) is 18.4. The molecule has 6 nitrogen and oxygen atoms in total. The van der Waals surface area contributed by atoms with Crippen molar-refractivity contribution in [3.63, 3.8) is 0 Å². The van der Waals surface area contributed by atoms with Crippen molar-refractivity contribution in [3.05, 3.63) is 65.7 Å². The Labute approximate surface area is 215 Å². The first kappa shape index (κ1) is 28.4. The van der Waals surface area contributed by atoms with Gasteiger partial charge in [-0.3, -0.25) is 14.6 Å². The van der Waals surface area contributed by atoms with Crippen molar-refractivity contribution < 1.29 is 19.0 Å². The Hall–Kier alpha value is -1.83. The second-order valence-corrected chi connectivity index (χ2v) is 8.96. The van der Waals surface area contributed by atoms with Gasteiger partial charge in [-0.1, -0.05) is 42.5 Å². The van der Waals surface area contributed by atoms with Crippen LogP contribution in [0.2, 0.25) is 0 Å². The van der Waals surface area contributed by atoms with Crippen LogP contribution >= 0.6 is 24.8 Å². The molecule has 0 aromatic heterocycles. The van der Waals surface area contributed by atoms with E-state index in [2.05, 4.69) is 23.6 Å². The fourth-order valence-electron chi connectivity index (χ4n) is 4.71. The third-order valence-electron chi connectivity index (χ3n) is 6.86. The molecule has 188 valence electrons. The van der Waals surface area contributed by atoms with Gasteiger partial charge in [0.1, 0.15) is 11.2 Å². The largest absolute Gasteiger partial charge is 0.497 e. The van der Waals surface area contributed by atoms with Gasteiger partial charge in [-0.2, -0.15) is 0 Å². The summed E-state index contributed by atoms with van der Waals surface area (Å²) < 4.78 is 17.2. The molecule has 0 bridgehead atoms. The topological polar surface area (TPSA) is 51.2 Å². The Morgan fingerprint density at radius 3 is 2.00 bits per heavy atom. The second kappa shape index (κ2) is 12.2. The number of esters is 1. The van der Waals surface area contributed by atoms with Gasteiger partial charge in [-0.25, -0.2) is 0 Å². The zero-order valence-corrected chi connectivity index (χ0v) is 21.9. The van der Waals surface area contributed by atoms with E-state index in [4.69, 9.17) is 14.2 Å². The first-order valence-electron chi connectivity index (χ1n) is 11.4. The Balaban J connectivity index is 0.00000204. The molecular weight excluding hydrogens is 475 g/mol. The predicted octanol–water partition coefficient (Wildman–Crippen LogP) is 4.46. The maximum atomic E-state index is 13.7. The van der Waals surface area contributed by atoms with E-state index in [1.54, 1.807) is 14.2 Å². The zero-order valence-electron chi connectivity index (χ0n) is 20.3. The van der Waals surface area contributed by atoms with E-state index in [-0.39, 0.29) is 36.9 Å². The molecule has 0 radical (unpaired) electrons. The number of rotatable bonds is 8. The van der Waals surface area contributed by atoms with Crippen LogP contribution in [0.25, 0.3) is 0 Å². The molecule has 4 rings (SSSR count). The van der Waals surface area contributed by atoms with Crippen molar-refractivity contribution >= 4 is 30.8 Å². The minimum Gasteiger partial charge on any atom is -0.497 e. The van der Waals surface area contributed by atoms with Crippen molar-refractivity contribution in [2.24, 2.45) is 0 Å². The molecular formula is C26H36Cl2N2O4. The highest BCUT2D eigenvalue weighted by Crippen LogP contribution is 2.52. The molecule has 2 fully saturated rings. The lowest BCUT2D eigenvalue weighted by Gasteiger charge is -2.40. The van der Waals surface area contributed by atoms with Crippen LogP contribution < -0.4 is 4.74 Å². The van der Waals surface area contributed by atoms with Crippen LogP contribution in [-0.4, -0.2) is 68.3 Å². The molecule has 0 amide bonds. The summed E-state index contributed by atoms with van der Waals surface area (Å²) in [6, 6.07) is 18.2. The third-order valence-corrected chi connectivity index (χ3v) is 6.86. The Kier molecular flexibility index (Phi) is 10.2. The average molecular weight is 511 g/mol. The van der Waals surface area contributed by atoms with Crippen LogP contribution in [0.4, 0.5) is 0 Å². The van der Waals surface area contributed by atoms with Crippen LogP contribution in [-0.2, 0) is 19.7 Å². The lowest BCUT2D eigenvalue weighted by atomic mass is 9.95. The molecule has 1 aliphatic heterocycles. The summed E-state index contributed by atoms with van der Waals surface area (Å²) in [5, 5.41) is 0. The van der Waals surface area contributed by atoms with Gasteiger partial charge >= 0.3 is 5.97 Å². The van der Waals surface area contributed by atoms with Gasteiger partial charge in [-0.15, -0.1) is 24.8 Å². The van der Waals surface area contributed by atoms with E-state index in [9.17, 15) is 4.79 Å². The number of ether oxygens (including phenoxy) is 3. The van der Waals surface area contributed by atoms with Crippen LogP contribution in [0, 0.1) is 0 Å². The van der Waals surface area contributed by atoms with Crippen LogP contribution in [0.5, 0.6) is 5.75 Å². The highest BCUT2D eigenvalue weighted by Gasteiger charge is 2.64. The zero-order chi connectivity index (χ0) is 22.7. The molecule has 34 heavy (non-hydrogen) atoms. The number of piperazine rings is 1. The smallest absolute Gasteiger partial charge is 0.321 e. The lowest BCUT2D eigenvalue weighted by molar-refractivity contribution is -0.167. The molecule has 1 heterocycles. The van der Waals surface area contributed by atoms with Crippen molar-refractivity contribution in [1.29, 1.82) is 0 Å². The predicted molar refractivity (Wildman–Crippen MR) is 138 cm³/mol. The molecule has 2 aromatic carbocycles. The number of carbonyl (C=O) groups excluding carboxylic acids is 1. The fourth-order valence-corrected chi connectivity index (χ4v) is 4.71. The molecule has 2 aliphatic rings. The standard InChI is InChI=1S/C26H34N2O4.2ClH/c1-19(2)27-14-16-28(17-15-27)24(20-8-6-5-7-9-20)32-25(29)26(18-23(26)31-4)21-10-12-22(30-3)13-11-21;;/h5-13,19,23-24H,14-18H2,1-4H3;2*1H/t23-,24?,26-;;/m1../s1. The molecule has 1 unspecified atom stereocenters. The Morgan fingerprint density at radius 1 is 0.912 bits per heavy atom. The normalized spacial score (nSPS) is 23.4. The summed E-state index contributed by atoms with van der Waals surface area (Å²) in [5.74, 6) is 0.534. The average Bonchev–Trinajstić information content (AvgIpc) is 3.59. The van der Waals surface area contributed by atoms with Crippen molar-refractivity contribution in [2.75, 3.05) is 40.4 Å². The number of nitrogens with zero attached hydrogens (tertiary/aromatic N) is 2. The Bertz CT molecular complexity index is 905. The van der Waals surface area contributed by atoms with Crippen molar-refractivity contribution in [2.45, 2.75) is 44.1 Å². The first-order valence-corrected chi connectivity index (χ1v) is 11.4. The van der Waals surface area contributed by atoms with E-state index in [0.717, 1.165) is 43.1 Å². The number of methoxy groups -OCH3 is 2. The lowest BCUT2D eigenvalue weighted by Crippen LogP contribution is -2.50. The summed E-state index contributed by atoms with van der Waals surface area (Å²) in [7, 11) is 3.29. The second-order valence-electron chi connectivity index (χ2n) is 8.96. The quantitative estimate of drug-likeness (QED) is 0.488. The number of halogens is 2. The summed E-state index contributed by atoms with van der Waals surface area (Å²) in [6.45, 7) is 8.08. The minimum atomic E-state index is -0.770. The van der Waals surface area contributed by atoms with Gasteiger partial charge in [0.15, 0.2) is 6.23 Å². The summed E-state index contributed by atoms with van der Waals surface area (Å²) >= 11 is 0. The van der Waals surface area contributed by atoms with Gasteiger partial charge in [-0.05, 0) is 38.0 Å². The van der Waals surface area contributed by atoms with Crippen molar-refractivity contribution in [3.8, 4) is 5.75 Å². The summed E-state index contributed by atoms with van der Waals surface area (Å²) in [6.07, 6.45) is 0.0287. The number of carbonyl (C=O) groups is 1. The van der Waals surface area contributed by atoms with Crippen LogP contribution in [0.1, 0.15) is 37.6 Å². The number of hydrogen-bond acceptors (Lipinski definition) is 6. The third kappa shape index (κ3) is 5.69. The molecule has 1 saturated carbocycles. The molecule has 2 aromatic rings. The van der Waals surface area contributed by atoms with Crippen LogP contribution in [0.3, 0.4) is 0 Å². The van der Waals surface area contributed by atoms with Gasteiger partial charge < -0.3 is 14.2 Å². The molecule has 1 saturated heterocycles. The van der Waals surface area contributed by atoms with E-state index in [0.29, 0.717) is 12.5 Å². The maximum absolute atomic E-state index is 13.7. The van der Waals surface area contributed by atoms with E-state index >= 15 is 0 Å². The number of hydrogen-bond donors (Lipinski definition) is 0. The summed E-state index contributed by atoms with van der Waals surface area (Å²) in [5.41, 5.74) is 1.14. The fraction of sp³-hybridized carbons (Fsp3) is 0.500. The van der Waals surface area contributed by atoms with E-state index in [1.807, 2.05) is 54.6 Å². The van der Waals surface area contributed by atoms with Crippen LogP contribution in [0.15, 0.2) is 54.6 Å². The Morgan fingerprint density at radius 2 is 1.50 bits per heavy atom. The highest BCUT2D eigenvalue weighted by molar-refractivity contribution is 5.88. The monoisotopic (exact) mass is 510 g/mol. The SMILES string of the molecule is COc1ccc([C@]2(C(=O)OC(c3ccccc3)N3CCN(C(C)C)CC3)C[C@H]2OC)cc1.Cl.Cl. The molecule has 0 spiro atoms. The molecule has 8 heteroatoms. The molecule has 1 aliphatic carbocycles. The maximum Gasteiger partial charge on any atom is 0.321 e. The van der Waals surface area contributed by atoms with Gasteiger partial charge in [0.25, 0.3) is 0 Å². The minimum absolute atomic E-state index is 0.